The number of sulfone groups is 1. The van der Waals surface area contributed by atoms with E-state index in [9.17, 15) is 23.1 Å². The van der Waals surface area contributed by atoms with E-state index in [1.807, 2.05) is 13.8 Å². The zero-order valence-corrected chi connectivity index (χ0v) is 16.5. The minimum Gasteiger partial charge on any atom is -0.478 e. The van der Waals surface area contributed by atoms with Crippen molar-refractivity contribution in [3.05, 3.63) is 39.3 Å². The number of hydrogen-bond donors (Lipinski definition) is 2. The number of aromatic carboxylic acids is 1. The lowest BCUT2D eigenvalue weighted by molar-refractivity contribution is 0.0696. The molecule has 0 aliphatic heterocycles. The molecule has 9 heteroatoms. The molecule has 0 saturated heterocycles. The molecular weight excluding hydrogens is 376 g/mol. The van der Waals surface area contributed by atoms with Gasteiger partial charge >= 0.3 is 5.97 Å². The Morgan fingerprint density at radius 2 is 1.92 bits per heavy atom. The van der Waals surface area contributed by atoms with E-state index in [0.29, 0.717) is 22.9 Å². The molecule has 1 amide bonds. The molecule has 2 aromatic rings. The van der Waals surface area contributed by atoms with Crippen molar-refractivity contribution < 1.29 is 23.1 Å². The maximum absolute atomic E-state index is 12.6. The van der Waals surface area contributed by atoms with Gasteiger partial charge in [0, 0.05) is 11.9 Å². The van der Waals surface area contributed by atoms with Crippen molar-refractivity contribution in [3.8, 4) is 0 Å². The number of carbonyl (C=O) groups is 2. The van der Waals surface area contributed by atoms with Gasteiger partial charge in [-0.3, -0.25) is 4.79 Å². The molecule has 1 aromatic heterocycles. The Balaban J connectivity index is 2.41. The topological polar surface area (TPSA) is 113 Å². The van der Waals surface area contributed by atoms with Crippen LogP contribution in [0.5, 0.6) is 0 Å². The van der Waals surface area contributed by atoms with Crippen LogP contribution in [0, 0.1) is 12.8 Å². The highest BCUT2D eigenvalue weighted by molar-refractivity contribution is 7.90. The normalized spacial score (nSPS) is 11.6. The predicted octanol–water partition coefficient (Wildman–Crippen LogP) is 3.00. The molecule has 0 unspecified atom stereocenters. The zero-order chi connectivity index (χ0) is 19.6. The number of thiazole rings is 1. The molecule has 0 bridgehead atoms. The molecule has 0 spiro atoms. The molecule has 26 heavy (non-hydrogen) atoms. The number of nitrogens with zero attached hydrogens (tertiary/aromatic N) is 1. The molecule has 1 heterocycles. The second-order valence-corrected chi connectivity index (χ2v) is 9.60. The van der Waals surface area contributed by atoms with Crippen LogP contribution in [0.15, 0.2) is 23.1 Å². The molecule has 0 aliphatic carbocycles. The van der Waals surface area contributed by atoms with Crippen LogP contribution in [0.1, 0.15) is 44.6 Å². The fraction of sp³-hybridized carbons (Fsp3) is 0.353. The Morgan fingerprint density at radius 3 is 2.46 bits per heavy atom. The molecule has 1 aromatic carbocycles. The molecule has 140 valence electrons. The van der Waals surface area contributed by atoms with E-state index >= 15 is 0 Å². The van der Waals surface area contributed by atoms with Crippen LogP contribution in [0.2, 0.25) is 0 Å². The minimum absolute atomic E-state index is 0.108. The van der Waals surface area contributed by atoms with Gasteiger partial charge in [0.15, 0.2) is 9.84 Å². The van der Waals surface area contributed by atoms with Crippen LogP contribution in [0.3, 0.4) is 0 Å². The second kappa shape index (κ2) is 7.55. The van der Waals surface area contributed by atoms with Crippen LogP contribution < -0.4 is 5.32 Å². The number of rotatable bonds is 6. The summed E-state index contributed by atoms with van der Waals surface area (Å²) >= 11 is 1.25. The second-order valence-electron chi connectivity index (χ2n) is 6.38. The first kappa shape index (κ1) is 20.1. The molecule has 2 rings (SSSR count). The number of benzene rings is 1. The van der Waals surface area contributed by atoms with E-state index in [4.69, 9.17) is 0 Å². The highest BCUT2D eigenvalue weighted by Gasteiger charge is 2.20. The Bertz CT molecular complexity index is 962. The van der Waals surface area contributed by atoms with E-state index < -0.39 is 21.7 Å². The standard InChI is InChI=1S/C17H20N2O5S2/c1-9(2)5-14-15(25-10(3)18-14)16(20)19-12-6-11(17(21)22)7-13(8-12)26(4,23)24/h6-9H,5H2,1-4H3,(H,19,20)(H,21,22). The summed E-state index contributed by atoms with van der Waals surface area (Å²) in [5.74, 6) is -1.40. The number of carboxylic acids is 1. The molecule has 7 nitrogen and oxygen atoms in total. The SMILES string of the molecule is Cc1nc(CC(C)C)c(C(=O)Nc2cc(C(=O)O)cc(S(C)(=O)=O)c2)s1. The number of amides is 1. The van der Waals surface area contributed by atoms with Gasteiger partial charge in [0.2, 0.25) is 0 Å². The lowest BCUT2D eigenvalue weighted by Crippen LogP contribution is -2.14. The number of hydrogen-bond acceptors (Lipinski definition) is 6. The first-order valence-electron chi connectivity index (χ1n) is 7.83. The van der Waals surface area contributed by atoms with Crippen molar-refractivity contribution in [1.29, 1.82) is 0 Å². The van der Waals surface area contributed by atoms with Crippen LogP contribution in [-0.4, -0.2) is 36.6 Å². The first-order valence-corrected chi connectivity index (χ1v) is 10.5. The summed E-state index contributed by atoms with van der Waals surface area (Å²) in [7, 11) is -3.63. The van der Waals surface area contributed by atoms with Crippen molar-refractivity contribution in [3.63, 3.8) is 0 Å². The number of carbonyl (C=O) groups excluding carboxylic acids is 1. The minimum atomic E-state index is -3.63. The smallest absolute Gasteiger partial charge is 0.335 e. The highest BCUT2D eigenvalue weighted by Crippen LogP contribution is 2.24. The lowest BCUT2D eigenvalue weighted by Gasteiger charge is -2.09. The van der Waals surface area contributed by atoms with Gasteiger partial charge in [0.1, 0.15) is 4.88 Å². The third-order valence-corrected chi connectivity index (χ3v) is 5.56. The largest absolute Gasteiger partial charge is 0.478 e. The maximum Gasteiger partial charge on any atom is 0.335 e. The number of carboxylic acid groups (broad SMARTS) is 1. The number of nitrogens with one attached hydrogen (secondary N) is 1. The van der Waals surface area contributed by atoms with Crippen molar-refractivity contribution >= 4 is 38.7 Å². The highest BCUT2D eigenvalue weighted by atomic mass is 32.2. The van der Waals surface area contributed by atoms with E-state index in [0.717, 1.165) is 17.3 Å². The lowest BCUT2D eigenvalue weighted by atomic mass is 10.1. The van der Waals surface area contributed by atoms with Crippen molar-refractivity contribution in [2.75, 3.05) is 11.6 Å². The Kier molecular flexibility index (Phi) is 5.82. The van der Waals surface area contributed by atoms with Gasteiger partial charge in [0.05, 0.1) is 21.2 Å². The van der Waals surface area contributed by atoms with Crippen molar-refractivity contribution in [1.82, 2.24) is 4.98 Å². The van der Waals surface area contributed by atoms with Crippen LogP contribution in [0.4, 0.5) is 5.69 Å². The average molecular weight is 396 g/mol. The van der Waals surface area contributed by atoms with Crippen molar-refractivity contribution in [2.45, 2.75) is 32.1 Å². The van der Waals surface area contributed by atoms with E-state index in [-0.39, 0.29) is 16.1 Å². The van der Waals surface area contributed by atoms with Gasteiger partial charge in [-0.2, -0.15) is 0 Å². The van der Waals surface area contributed by atoms with E-state index in [1.54, 1.807) is 6.92 Å². The van der Waals surface area contributed by atoms with Gasteiger partial charge in [-0.15, -0.1) is 11.3 Å². The van der Waals surface area contributed by atoms with Crippen LogP contribution in [-0.2, 0) is 16.3 Å². The Hall–Kier alpha value is -2.26. The average Bonchev–Trinajstić information content (AvgIpc) is 2.85. The van der Waals surface area contributed by atoms with Crippen LogP contribution in [0.25, 0.3) is 0 Å². The van der Waals surface area contributed by atoms with Gasteiger partial charge in [-0.1, -0.05) is 13.8 Å². The van der Waals surface area contributed by atoms with E-state index in [2.05, 4.69) is 10.3 Å². The molecule has 2 N–H and O–H groups in total. The fourth-order valence-corrected chi connectivity index (χ4v) is 3.89. The van der Waals surface area contributed by atoms with Crippen molar-refractivity contribution in [2.24, 2.45) is 5.92 Å². The maximum atomic E-state index is 12.6. The summed E-state index contributed by atoms with van der Waals surface area (Å²) in [6.45, 7) is 5.84. The third kappa shape index (κ3) is 4.89. The van der Waals surface area contributed by atoms with Gasteiger partial charge in [-0.25, -0.2) is 18.2 Å². The fourth-order valence-electron chi connectivity index (χ4n) is 2.37. The summed E-state index contributed by atoms with van der Waals surface area (Å²) in [6, 6.07) is 3.54. The number of aromatic nitrogens is 1. The summed E-state index contributed by atoms with van der Waals surface area (Å²) in [5, 5.41) is 12.5. The Labute approximate surface area is 156 Å². The molecule has 0 saturated carbocycles. The number of aryl methyl sites for hydroxylation is 1. The van der Waals surface area contributed by atoms with Gasteiger partial charge in [-0.05, 0) is 37.5 Å². The quantitative estimate of drug-likeness (QED) is 0.776. The first-order chi connectivity index (χ1) is 12.0. The zero-order valence-electron chi connectivity index (χ0n) is 14.9. The summed E-state index contributed by atoms with van der Waals surface area (Å²) in [5.41, 5.74) is 0.570. The van der Waals surface area contributed by atoms with Gasteiger partial charge in [0.25, 0.3) is 5.91 Å². The third-order valence-electron chi connectivity index (χ3n) is 3.45. The predicted molar refractivity (Wildman–Crippen MR) is 99.9 cm³/mol. The molecule has 0 aliphatic rings. The monoisotopic (exact) mass is 396 g/mol. The summed E-state index contributed by atoms with van der Waals surface area (Å²) in [4.78, 5) is 28.5. The summed E-state index contributed by atoms with van der Waals surface area (Å²) < 4.78 is 23.6. The number of anilines is 1. The summed E-state index contributed by atoms with van der Waals surface area (Å²) in [6.07, 6.45) is 1.61. The molecule has 0 atom stereocenters. The molecular formula is C17H20N2O5S2. The molecule has 0 radical (unpaired) electrons. The van der Waals surface area contributed by atoms with E-state index in [1.165, 1.54) is 23.5 Å². The molecule has 0 fully saturated rings. The Morgan fingerprint density at radius 1 is 1.27 bits per heavy atom. The van der Waals surface area contributed by atoms with Gasteiger partial charge < -0.3 is 10.4 Å². The van der Waals surface area contributed by atoms with Crippen LogP contribution >= 0.6 is 11.3 Å².